The zero-order chi connectivity index (χ0) is 13.4. The number of nitrogens with zero attached hydrogens (tertiary/aromatic N) is 1. The lowest BCUT2D eigenvalue weighted by Crippen LogP contribution is -2.13. The third kappa shape index (κ3) is 2.08. The maximum atomic E-state index is 5.64. The van der Waals surface area contributed by atoms with Crippen LogP contribution in [0.15, 0.2) is 18.2 Å². The predicted octanol–water partition coefficient (Wildman–Crippen LogP) is 3.52. The lowest BCUT2D eigenvalue weighted by Gasteiger charge is -2.19. The molecule has 0 saturated carbocycles. The number of pyridine rings is 1. The molecular weight excluding hydrogens is 234 g/mol. The van der Waals surface area contributed by atoms with E-state index in [1.54, 1.807) is 0 Å². The summed E-state index contributed by atoms with van der Waals surface area (Å²) in [7, 11) is 0. The summed E-state index contributed by atoms with van der Waals surface area (Å²) < 4.78 is 0. The number of hydrogen-bond donors (Lipinski definition) is 2. The fourth-order valence-corrected chi connectivity index (χ4v) is 3.04. The third-order valence-corrected chi connectivity index (χ3v) is 4.10. The Kier molecular flexibility index (Phi) is 3.15. The Bertz CT molecular complexity index is 617. The summed E-state index contributed by atoms with van der Waals surface area (Å²) in [5, 5.41) is 1.24. The van der Waals surface area contributed by atoms with Gasteiger partial charge in [0.25, 0.3) is 0 Å². The van der Waals surface area contributed by atoms with Crippen molar-refractivity contribution in [3.05, 3.63) is 34.9 Å². The minimum atomic E-state index is 0.416. The molecule has 0 amide bonds. The van der Waals surface area contributed by atoms with Gasteiger partial charge in [-0.15, -0.1) is 0 Å². The average molecular weight is 255 g/mol. The van der Waals surface area contributed by atoms with E-state index in [4.69, 9.17) is 10.8 Å². The first-order valence-electron chi connectivity index (χ1n) is 7.12. The monoisotopic (exact) mass is 255 g/mol. The van der Waals surface area contributed by atoms with Crippen LogP contribution in [0.1, 0.15) is 49.3 Å². The topological polar surface area (TPSA) is 50.9 Å². The highest BCUT2D eigenvalue weighted by Gasteiger charge is 2.16. The Morgan fingerprint density at radius 2 is 2.00 bits per heavy atom. The molecule has 1 aromatic carbocycles. The molecule has 0 unspecified atom stereocenters. The van der Waals surface area contributed by atoms with Crippen molar-refractivity contribution in [3.8, 4) is 0 Å². The summed E-state index contributed by atoms with van der Waals surface area (Å²) in [5.74, 6) is 6.88. The first kappa shape index (κ1) is 12.4. The molecule has 2 aromatic rings. The summed E-state index contributed by atoms with van der Waals surface area (Å²) in [6.07, 6.45) is 4.89. The van der Waals surface area contributed by atoms with Gasteiger partial charge in [-0.1, -0.05) is 26.0 Å². The normalized spacial score (nSPS) is 14.7. The number of nitrogens with two attached hydrogens (primary N) is 1. The number of nitrogen functional groups attached to an aromatic ring is 1. The first-order chi connectivity index (χ1) is 9.20. The number of hydrazine groups is 1. The zero-order valence-corrected chi connectivity index (χ0v) is 11.7. The number of hydrogen-bond acceptors (Lipinski definition) is 3. The van der Waals surface area contributed by atoms with Crippen LogP contribution in [0, 0.1) is 0 Å². The smallest absolute Gasteiger partial charge is 0.144 e. The Labute approximate surface area is 114 Å². The van der Waals surface area contributed by atoms with E-state index in [9.17, 15) is 0 Å². The van der Waals surface area contributed by atoms with E-state index in [0.717, 1.165) is 17.8 Å². The Balaban J connectivity index is 2.26. The van der Waals surface area contributed by atoms with Gasteiger partial charge in [-0.25, -0.2) is 10.8 Å². The maximum absolute atomic E-state index is 5.64. The van der Waals surface area contributed by atoms with Gasteiger partial charge in [-0.2, -0.15) is 0 Å². The van der Waals surface area contributed by atoms with Crippen LogP contribution in [0.2, 0.25) is 0 Å². The molecule has 0 aliphatic heterocycles. The standard InChI is InChI=1S/C16H21N3/c1-10(2)14-9-12-8-7-11-5-3-4-6-13(11)15(12)18-16(14)19-17/h7-10H,3-6,17H2,1-2H3,(H,18,19). The minimum absolute atomic E-state index is 0.416. The summed E-state index contributed by atoms with van der Waals surface area (Å²) in [6.45, 7) is 4.34. The van der Waals surface area contributed by atoms with Crippen molar-refractivity contribution in [1.29, 1.82) is 0 Å². The fraction of sp³-hybridized carbons (Fsp3) is 0.438. The molecule has 1 aromatic heterocycles. The molecule has 0 atom stereocenters. The molecule has 0 spiro atoms. The van der Waals surface area contributed by atoms with Gasteiger partial charge in [-0.3, -0.25) is 0 Å². The van der Waals surface area contributed by atoms with Crippen LogP contribution in [-0.2, 0) is 12.8 Å². The SMILES string of the molecule is CC(C)c1cc2ccc3c(c2nc1NN)CCCC3. The highest BCUT2D eigenvalue weighted by atomic mass is 15.2. The fourth-order valence-electron chi connectivity index (χ4n) is 3.04. The number of rotatable bonds is 2. The van der Waals surface area contributed by atoms with E-state index in [1.165, 1.54) is 41.3 Å². The van der Waals surface area contributed by atoms with Crippen molar-refractivity contribution < 1.29 is 0 Å². The molecule has 1 heterocycles. The van der Waals surface area contributed by atoms with E-state index >= 15 is 0 Å². The van der Waals surface area contributed by atoms with Crippen molar-refractivity contribution in [2.24, 2.45) is 5.84 Å². The van der Waals surface area contributed by atoms with Crippen LogP contribution in [0.4, 0.5) is 5.82 Å². The quantitative estimate of drug-likeness (QED) is 0.637. The van der Waals surface area contributed by atoms with Gasteiger partial charge >= 0.3 is 0 Å². The number of aromatic nitrogens is 1. The molecule has 3 nitrogen and oxygen atoms in total. The number of fused-ring (bicyclic) bond motifs is 3. The highest BCUT2D eigenvalue weighted by molar-refractivity contribution is 5.86. The zero-order valence-electron chi connectivity index (χ0n) is 11.7. The van der Waals surface area contributed by atoms with Gasteiger partial charge in [0.2, 0.25) is 0 Å². The van der Waals surface area contributed by atoms with Gasteiger partial charge in [0.05, 0.1) is 5.52 Å². The minimum Gasteiger partial charge on any atom is -0.308 e. The van der Waals surface area contributed by atoms with E-state index in [2.05, 4.69) is 37.5 Å². The van der Waals surface area contributed by atoms with Crippen molar-refractivity contribution in [1.82, 2.24) is 4.98 Å². The van der Waals surface area contributed by atoms with E-state index < -0.39 is 0 Å². The number of benzene rings is 1. The molecular formula is C16H21N3. The average Bonchev–Trinajstić information content (AvgIpc) is 2.45. The molecule has 0 bridgehead atoms. The molecule has 1 aliphatic carbocycles. The molecule has 0 radical (unpaired) electrons. The Morgan fingerprint density at radius 3 is 2.74 bits per heavy atom. The van der Waals surface area contributed by atoms with Crippen molar-refractivity contribution in [3.63, 3.8) is 0 Å². The van der Waals surface area contributed by atoms with Crippen LogP contribution < -0.4 is 11.3 Å². The van der Waals surface area contributed by atoms with Crippen LogP contribution in [0.3, 0.4) is 0 Å². The maximum Gasteiger partial charge on any atom is 0.144 e. The second-order valence-electron chi connectivity index (χ2n) is 5.71. The highest BCUT2D eigenvalue weighted by Crippen LogP contribution is 2.32. The number of anilines is 1. The molecule has 3 N–H and O–H groups in total. The molecule has 1 aliphatic rings. The second kappa shape index (κ2) is 4.82. The first-order valence-corrected chi connectivity index (χ1v) is 7.12. The van der Waals surface area contributed by atoms with Crippen molar-refractivity contribution in [2.45, 2.75) is 45.4 Å². The predicted molar refractivity (Wildman–Crippen MR) is 80.3 cm³/mol. The Hall–Kier alpha value is -1.61. The van der Waals surface area contributed by atoms with Crippen molar-refractivity contribution in [2.75, 3.05) is 5.43 Å². The summed E-state index contributed by atoms with van der Waals surface area (Å²) in [5.41, 5.74) is 7.98. The van der Waals surface area contributed by atoms with Gasteiger partial charge in [0.15, 0.2) is 0 Å². The molecule has 19 heavy (non-hydrogen) atoms. The van der Waals surface area contributed by atoms with Crippen LogP contribution >= 0.6 is 0 Å². The number of aryl methyl sites for hydroxylation is 2. The van der Waals surface area contributed by atoms with Crippen LogP contribution in [-0.4, -0.2) is 4.98 Å². The number of nitrogens with one attached hydrogen (secondary N) is 1. The molecule has 0 fully saturated rings. The van der Waals surface area contributed by atoms with Gasteiger partial charge in [0, 0.05) is 5.39 Å². The largest absolute Gasteiger partial charge is 0.308 e. The summed E-state index contributed by atoms with van der Waals surface area (Å²) in [4.78, 5) is 4.79. The van der Waals surface area contributed by atoms with E-state index in [0.29, 0.717) is 5.92 Å². The summed E-state index contributed by atoms with van der Waals surface area (Å²) in [6, 6.07) is 6.72. The summed E-state index contributed by atoms with van der Waals surface area (Å²) >= 11 is 0. The second-order valence-corrected chi connectivity index (χ2v) is 5.71. The van der Waals surface area contributed by atoms with Crippen LogP contribution in [0.5, 0.6) is 0 Å². The molecule has 100 valence electrons. The molecule has 3 rings (SSSR count). The van der Waals surface area contributed by atoms with Crippen LogP contribution in [0.25, 0.3) is 10.9 Å². The molecule has 0 saturated heterocycles. The lowest BCUT2D eigenvalue weighted by molar-refractivity contribution is 0.689. The van der Waals surface area contributed by atoms with Gasteiger partial charge < -0.3 is 5.43 Å². The third-order valence-electron chi connectivity index (χ3n) is 4.10. The molecule has 3 heteroatoms. The lowest BCUT2D eigenvalue weighted by atomic mass is 9.89. The van der Waals surface area contributed by atoms with Crippen molar-refractivity contribution >= 4 is 16.7 Å². The Morgan fingerprint density at radius 1 is 1.21 bits per heavy atom. The van der Waals surface area contributed by atoms with E-state index in [1.807, 2.05) is 0 Å². The van der Waals surface area contributed by atoms with Gasteiger partial charge in [-0.05, 0) is 54.4 Å². The van der Waals surface area contributed by atoms with Gasteiger partial charge in [0.1, 0.15) is 5.82 Å². The van der Waals surface area contributed by atoms with E-state index in [-0.39, 0.29) is 0 Å².